The summed E-state index contributed by atoms with van der Waals surface area (Å²) in [6, 6.07) is 11.4. The van der Waals surface area contributed by atoms with Crippen molar-refractivity contribution in [2.75, 3.05) is 5.73 Å². The molecule has 2 N–H and O–H groups in total. The van der Waals surface area contributed by atoms with Crippen LogP contribution in [0, 0.1) is 17.1 Å². The van der Waals surface area contributed by atoms with Crippen LogP contribution in [-0.2, 0) is 15.6 Å². The molecule has 0 saturated heterocycles. The minimum absolute atomic E-state index is 0.00263. The Hall–Kier alpha value is -2.39. The Morgan fingerprint density at radius 2 is 1.95 bits per heavy atom. The second kappa shape index (κ2) is 5.31. The lowest BCUT2D eigenvalue weighted by molar-refractivity contribution is 0.590. The molecule has 0 amide bonds. The maximum absolute atomic E-state index is 13.2. The van der Waals surface area contributed by atoms with E-state index in [1.165, 1.54) is 12.1 Å². The average molecular weight is 290 g/mol. The van der Waals surface area contributed by atoms with E-state index in [2.05, 4.69) is 0 Å². The summed E-state index contributed by atoms with van der Waals surface area (Å²) in [6.45, 7) is 0. The van der Waals surface area contributed by atoms with Gasteiger partial charge in [-0.2, -0.15) is 5.26 Å². The molecule has 4 nitrogen and oxygen atoms in total. The number of anilines is 1. The molecule has 0 aliphatic carbocycles. The number of halogens is 1. The Bertz CT molecular complexity index is 795. The highest BCUT2D eigenvalue weighted by Crippen LogP contribution is 2.23. The lowest BCUT2D eigenvalue weighted by Crippen LogP contribution is -2.08. The smallest absolute Gasteiger partial charge is 0.184 e. The van der Waals surface area contributed by atoms with E-state index >= 15 is 0 Å². The van der Waals surface area contributed by atoms with Gasteiger partial charge in [0.05, 0.1) is 28.0 Å². The maximum Gasteiger partial charge on any atom is 0.184 e. The van der Waals surface area contributed by atoms with Crippen LogP contribution < -0.4 is 5.73 Å². The first-order valence-electron chi connectivity index (χ1n) is 5.69. The van der Waals surface area contributed by atoms with Crippen LogP contribution in [0.1, 0.15) is 11.1 Å². The lowest BCUT2D eigenvalue weighted by Gasteiger charge is -2.08. The number of rotatable bonds is 3. The third kappa shape index (κ3) is 2.95. The number of hydrogen-bond acceptors (Lipinski definition) is 4. The summed E-state index contributed by atoms with van der Waals surface area (Å²) >= 11 is 0. The van der Waals surface area contributed by atoms with Crippen LogP contribution in [-0.4, -0.2) is 8.42 Å². The Morgan fingerprint density at radius 3 is 2.65 bits per heavy atom. The lowest BCUT2D eigenvalue weighted by atomic mass is 10.2. The van der Waals surface area contributed by atoms with Gasteiger partial charge < -0.3 is 5.73 Å². The van der Waals surface area contributed by atoms with E-state index in [4.69, 9.17) is 11.0 Å². The van der Waals surface area contributed by atoms with E-state index in [1.807, 2.05) is 6.07 Å². The Morgan fingerprint density at radius 1 is 1.20 bits per heavy atom. The van der Waals surface area contributed by atoms with E-state index in [9.17, 15) is 12.8 Å². The van der Waals surface area contributed by atoms with Gasteiger partial charge in [0.2, 0.25) is 0 Å². The number of nitrogens with zero attached hydrogens (tertiary/aromatic N) is 1. The molecule has 0 aromatic heterocycles. The van der Waals surface area contributed by atoms with Crippen molar-refractivity contribution < 1.29 is 12.8 Å². The number of nitrogen functional groups attached to an aromatic ring is 1. The molecule has 0 radical (unpaired) electrons. The summed E-state index contributed by atoms with van der Waals surface area (Å²) in [5, 5.41) is 8.79. The van der Waals surface area contributed by atoms with Gasteiger partial charge in [0.15, 0.2) is 9.84 Å². The second-order valence-corrected chi connectivity index (χ2v) is 6.21. The summed E-state index contributed by atoms with van der Waals surface area (Å²) in [6.07, 6.45) is 0. The van der Waals surface area contributed by atoms with E-state index in [1.54, 1.807) is 18.2 Å². The molecule has 0 bridgehead atoms. The van der Waals surface area contributed by atoms with Crippen LogP contribution in [0.15, 0.2) is 47.4 Å². The fourth-order valence-electron chi connectivity index (χ4n) is 1.81. The van der Waals surface area contributed by atoms with Crippen molar-refractivity contribution >= 4 is 15.5 Å². The second-order valence-electron chi connectivity index (χ2n) is 4.25. The largest absolute Gasteiger partial charge is 0.398 e. The molecule has 102 valence electrons. The molecule has 2 aromatic carbocycles. The number of benzene rings is 2. The highest BCUT2D eigenvalue weighted by atomic mass is 32.2. The molecule has 0 atom stereocenters. The van der Waals surface area contributed by atoms with Gasteiger partial charge in [-0.15, -0.1) is 0 Å². The Kier molecular flexibility index (Phi) is 3.72. The van der Waals surface area contributed by atoms with E-state index in [0.717, 1.165) is 12.1 Å². The molecule has 0 heterocycles. The van der Waals surface area contributed by atoms with Crippen LogP contribution >= 0.6 is 0 Å². The van der Waals surface area contributed by atoms with Gasteiger partial charge in [-0.25, -0.2) is 12.8 Å². The molecule has 0 unspecified atom stereocenters. The Balaban J connectivity index is 2.41. The minimum Gasteiger partial charge on any atom is -0.398 e. The number of nitriles is 1. The number of sulfone groups is 1. The molecule has 2 rings (SSSR count). The molecule has 0 fully saturated rings. The van der Waals surface area contributed by atoms with Crippen molar-refractivity contribution in [1.29, 1.82) is 5.26 Å². The van der Waals surface area contributed by atoms with Crippen molar-refractivity contribution in [3.63, 3.8) is 0 Å². The van der Waals surface area contributed by atoms with Crippen LogP contribution in [0.2, 0.25) is 0 Å². The normalized spacial score (nSPS) is 11.0. The van der Waals surface area contributed by atoms with Crippen molar-refractivity contribution in [2.24, 2.45) is 0 Å². The molecule has 6 heteroatoms. The molecule has 0 spiro atoms. The van der Waals surface area contributed by atoms with E-state index < -0.39 is 15.7 Å². The molecule has 2 aromatic rings. The number of nitrogens with two attached hydrogens (primary N) is 1. The first-order valence-corrected chi connectivity index (χ1v) is 7.34. The van der Waals surface area contributed by atoms with Gasteiger partial charge in [-0.05, 0) is 35.9 Å². The topological polar surface area (TPSA) is 84.0 Å². The standard InChI is InChI=1S/C14H11FN2O2S/c15-12-4-5-13(17)14(7-12)20(18,19)9-11-3-1-2-10(6-11)8-16/h1-7H,9,17H2. The SMILES string of the molecule is N#Cc1cccc(CS(=O)(=O)c2cc(F)ccc2N)c1. The third-order valence-electron chi connectivity index (χ3n) is 2.72. The fraction of sp³-hybridized carbons (Fsp3) is 0.0714. The van der Waals surface area contributed by atoms with Gasteiger partial charge in [0, 0.05) is 0 Å². The van der Waals surface area contributed by atoms with E-state index in [0.29, 0.717) is 11.1 Å². The zero-order valence-corrected chi connectivity index (χ0v) is 11.2. The zero-order valence-electron chi connectivity index (χ0n) is 10.4. The van der Waals surface area contributed by atoms with Crippen LogP contribution in [0.3, 0.4) is 0 Å². The molecular formula is C14H11FN2O2S. The molecule has 0 aliphatic heterocycles. The monoisotopic (exact) mass is 290 g/mol. The van der Waals surface area contributed by atoms with Crippen LogP contribution in [0.5, 0.6) is 0 Å². The van der Waals surface area contributed by atoms with Crippen molar-refractivity contribution in [3.05, 3.63) is 59.4 Å². The molecule has 0 aliphatic rings. The third-order valence-corrected chi connectivity index (χ3v) is 4.46. The predicted octanol–water partition coefficient (Wildman–Crippen LogP) is 2.25. The molecule has 20 heavy (non-hydrogen) atoms. The van der Waals surface area contributed by atoms with Gasteiger partial charge in [0.1, 0.15) is 5.82 Å². The van der Waals surface area contributed by atoms with Crippen LogP contribution in [0.25, 0.3) is 0 Å². The van der Waals surface area contributed by atoms with E-state index in [-0.39, 0.29) is 16.3 Å². The quantitative estimate of drug-likeness (QED) is 0.879. The first kappa shape index (κ1) is 14.0. The fourth-order valence-corrected chi connectivity index (χ4v) is 3.30. The highest BCUT2D eigenvalue weighted by Gasteiger charge is 2.19. The Labute approximate surface area is 116 Å². The molecular weight excluding hydrogens is 279 g/mol. The number of hydrogen-bond donors (Lipinski definition) is 1. The van der Waals surface area contributed by atoms with Crippen molar-refractivity contribution in [1.82, 2.24) is 0 Å². The van der Waals surface area contributed by atoms with Crippen LogP contribution in [0.4, 0.5) is 10.1 Å². The van der Waals surface area contributed by atoms with Gasteiger partial charge in [-0.1, -0.05) is 12.1 Å². The summed E-state index contributed by atoms with van der Waals surface area (Å²) < 4.78 is 37.7. The minimum atomic E-state index is -3.77. The van der Waals surface area contributed by atoms with Gasteiger partial charge >= 0.3 is 0 Å². The summed E-state index contributed by atoms with van der Waals surface area (Å²) in [4.78, 5) is -0.236. The summed E-state index contributed by atoms with van der Waals surface area (Å²) in [7, 11) is -3.77. The summed E-state index contributed by atoms with van der Waals surface area (Å²) in [5.41, 5.74) is 6.41. The van der Waals surface area contributed by atoms with Crippen molar-refractivity contribution in [2.45, 2.75) is 10.6 Å². The average Bonchev–Trinajstić information content (AvgIpc) is 2.41. The zero-order chi connectivity index (χ0) is 14.8. The highest BCUT2D eigenvalue weighted by molar-refractivity contribution is 7.90. The van der Waals surface area contributed by atoms with Gasteiger partial charge in [-0.3, -0.25) is 0 Å². The van der Waals surface area contributed by atoms with Gasteiger partial charge in [0.25, 0.3) is 0 Å². The molecule has 0 saturated carbocycles. The summed E-state index contributed by atoms with van der Waals surface area (Å²) in [5.74, 6) is -1.00. The van der Waals surface area contributed by atoms with Crippen molar-refractivity contribution in [3.8, 4) is 6.07 Å². The maximum atomic E-state index is 13.2. The predicted molar refractivity (Wildman–Crippen MR) is 72.9 cm³/mol. The first-order chi connectivity index (χ1) is 9.42.